The van der Waals surface area contributed by atoms with Gasteiger partial charge in [0.05, 0.1) is 27.8 Å². The van der Waals surface area contributed by atoms with Crippen LogP contribution in [0, 0.1) is 0 Å². The van der Waals surface area contributed by atoms with Crippen LogP contribution in [0.2, 0.25) is 0 Å². The fourth-order valence-electron chi connectivity index (χ4n) is 10.7. The third kappa shape index (κ3) is 3.95. The van der Waals surface area contributed by atoms with Crippen LogP contribution >= 0.6 is 0 Å². The van der Waals surface area contributed by atoms with Gasteiger partial charge in [-0.1, -0.05) is 140 Å². The third-order valence-corrected chi connectivity index (χ3v) is 13.0. The molecule has 266 valence electrons. The molecular formula is C54H35N3. The smallest absolute Gasteiger partial charge is 0.0624 e. The Morgan fingerprint density at radius 1 is 0.439 bits per heavy atom. The molecule has 3 heterocycles. The van der Waals surface area contributed by atoms with Crippen molar-refractivity contribution in [3.05, 3.63) is 205 Å². The lowest BCUT2D eigenvalue weighted by molar-refractivity contribution is 0.723. The molecule has 0 radical (unpaired) electrons. The number of rotatable bonds is 4. The predicted octanol–water partition coefficient (Wildman–Crippen LogP) is 14.1. The molecule has 1 N–H and O–H groups in total. The van der Waals surface area contributed by atoms with Crippen molar-refractivity contribution in [2.75, 3.05) is 5.32 Å². The van der Waals surface area contributed by atoms with Crippen molar-refractivity contribution in [1.29, 1.82) is 0 Å². The average molecular weight is 726 g/mol. The Kier molecular flexibility index (Phi) is 6.03. The summed E-state index contributed by atoms with van der Waals surface area (Å²) >= 11 is 0. The Balaban J connectivity index is 1.17. The van der Waals surface area contributed by atoms with Gasteiger partial charge in [-0.3, -0.25) is 0 Å². The van der Waals surface area contributed by atoms with E-state index < -0.39 is 5.41 Å². The van der Waals surface area contributed by atoms with E-state index in [4.69, 9.17) is 0 Å². The lowest BCUT2D eigenvalue weighted by Crippen LogP contribution is -2.24. The minimum Gasteiger partial charge on any atom is -0.355 e. The molecule has 57 heavy (non-hydrogen) atoms. The average Bonchev–Trinajstić information content (AvgIpc) is 3.84. The van der Waals surface area contributed by atoms with Crippen LogP contribution in [-0.2, 0) is 5.41 Å². The lowest BCUT2D eigenvalue weighted by Gasteiger charge is -2.32. The Morgan fingerprint density at radius 2 is 1.07 bits per heavy atom. The molecule has 0 fully saturated rings. The maximum atomic E-state index is 4.13. The molecular weight excluding hydrogens is 691 g/mol. The zero-order chi connectivity index (χ0) is 37.4. The van der Waals surface area contributed by atoms with E-state index in [1.165, 1.54) is 99.0 Å². The largest absolute Gasteiger partial charge is 0.355 e. The number of para-hydroxylation sites is 4. The molecule has 3 heteroatoms. The molecule has 1 aliphatic carbocycles. The van der Waals surface area contributed by atoms with Crippen LogP contribution in [0.5, 0.6) is 0 Å². The minimum atomic E-state index is -0.478. The van der Waals surface area contributed by atoms with Gasteiger partial charge in [0.15, 0.2) is 0 Å². The van der Waals surface area contributed by atoms with E-state index in [2.05, 4.69) is 209 Å². The van der Waals surface area contributed by atoms with Gasteiger partial charge < -0.3 is 14.5 Å². The van der Waals surface area contributed by atoms with E-state index in [1.807, 2.05) is 0 Å². The maximum Gasteiger partial charge on any atom is 0.0624 e. The molecule has 9 aromatic carbocycles. The molecule has 2 aromatic heterocycles. The normalized spacial score (nSPS) is 15.2. The summed E-state index contributed by atoms with van der Waals surface area (Å²) in [6.45, 7) is 2.47. The summed E-state index contributed by atoms with van der Waals surface area (Å²) in [5.41, 5.74) is 18.1. The number of hydrogen-bond acceptors (Lipinski definition) is 1. The van der Waals surface area contributed by atoms with Gasteiger partial charge in [0.1, 0.15) is 0 Å². The van der Waals surface area contributed by atoms with E-state index in [1.54, 1.807) is 0 Å². The molecule has 2 aliphatic rings. The highest BCUT2D eigenvalue weighted by atomic mass is 15.0. The van der Waals surface area contributed by atoms with E-state index in [-0.39, 0.29) is 0 Å². The predicted molar refractivity (Wildman–Crippen MR) is 239 cm³/mol. The van der Waals surface area contributed by atoms with Gasteiger partial charge in [0.25, 0.3) is 0 Å². The van der Waals surface area contributed by atoms with Gasteiger partial charge >= 0.3 is 0 Å². The summed E-state index contributed by atoms with van der Waals surface area (Å²) in [4.78, 5) is 0. The molecule has 0 bridgehead atoms. The number of hydrogen-bond donors (Lipinski definition) is 1. The van der Waals surface area contributed by atoms with E-state index in [0.29, 0.717) is 0 Å². The zero-order valence-corrected chi connectivity index (χ0v) is 31.3. The second kappa shape index (κ2) is 11.1. The van der Waals surface area contributed by atoms with Crippen molar-refractivity contribution in [2.45, 2.75) is 12.3 Å². The molecule has 11 aromatic rings. The van der Waals surface area contributed by atoms with Crippen LogP contribution in [-0.4, -0.2) is 9.13 Å². The number of benzene rings is 9. The molecule has 3 nitrogen and oxygen atoms in total. The second-order valence-electron chi connectivity index (χ2n) is 15.9. The van der Waals surface area contributed by atoms with Crippen LogP contribution < -0.4 is 5.32 Å². The van der Waals surface area contributed by atoms with Gasteiger partial charge in [-0.25, -0.2) is 0 Å². The highest BCUT2D eigenvalue weighted by Gasteiger charge is 2.47. The highest BCUT2D eigenvalue weighted by Crippen LogP contribution is 2.63. The SMILES string of the molecule is CC1(c2cccc3ccccc23)c2cccc3c2-c2c1c(Nc1ccc4c5ccccc5n(-c5ccccc5)c4c1)cc1c4ccccc4n(c21)-c1ccccc1-3. The Labute approximate surface area is 329 Å². The number of aromatic nitrogens is 2. The first-order chi connectivity index (χ1) is 28.2. The lowest BCUT2D eigenvalue weighted by atomic mass is 9.71. The summed E-state index contributed by atoms with van der Waals surface area (Å²) in [5, 5.41) is 11.7. The maximum absolute atomic E-state index is 4.13. The van der Waals surface area contributed by atoms with Crippen molar-refractivity contribution in [1.82, 2.24) is 9.13 Å². The topological polar surface area (TPSA) is 21.9 Å². The Morgan fingerprint density at radius 3 is 1.93 bits per heavy atom. The van der Waals surface area contributed by atoms with Gasteiger partial charge in [0, 0.05) is 60.7 Å². The molecule has 1 aliphatic heterocycles. The fraction of sp³-hybridized carbons (Fsp3) is 0.0370. The molecule has 0 saturated carbocycles. The summed E-state index contributed by atoms with van der Waals surface area (Å²) in [7, 11) is 0. The quantitative estimate of drug-likeness (QED) is 0.192. The number of nitrogens with one attached hydrogen (secondary N) is 1. The summed E-state index contributed by atoms with van der Waals surface area (Å²) in [6, 6.07) is 69.5. The van der Waals surface area contributed by atoms with E-state index in [9.17, 15) is 0 Å². The van der Waals surface area contributed by atoms with Gasteiger partial charge in [-0.15, -0.1) is 0 Å². The summed E-state index contributed by atoms with van der Waals surface area (Å²) in [5.74, 6) is 0. The first kappa shape index (κ1) is 30.9. The standard InChI is InChI=1S/C54H35N3/c1-54(43-24-13-16-33-15-5-6-19-36(33)43)44-25-14-23-41-38-21-8-11-27-47(38)57-48-28-12-9-22-39(48)42-32-45(52(54)51(50(41)44)53(42)57)55-34-29-30-40-37-20-7-10-26-46(37)56(49(40)31-34)35-17-3-2-4-18-35/h2-32,55H,1H3. The zero-order valence-electron chi connectivity index (χ0n) is 31.3. The van der Waals surface area contributed by atoms with Crippen molar-refractivity contribution < 1.29 is 0 Å². The summed E-state index contributed by atoms with van der Waals surface area (Å²) < 4.78 is 4.95. The van der Waals surface area contributed by atoms with Crippen molar-refractivity contribution >= 4 is 65.8 Å². The first-order valence-corrected chi connectivity index (χ1v) is 19.9. The van der Waals surface area contributed by atoms with Crippen LogP contribution in [0.15, 0.2) is 188 Å². The van der Waals surface area contributed by atoms with Crippen molar-refractivity contribution in [3.8, 4) is 33.6 Å². The Hall–Kier alpha value is -7.36. The van der Waals surface area contributed by atoms with Crippen LogP contribution in [0.4, 0.5) is 11.4 Å². The number of fused-ring (bicyclic) bond motifs is 10. The molecule has 13 rings (SSSR count). The highest BCUT2D eigenvalue weighted by molar-refractivity contribution is 6.21. The minimum absolute atomic E-state index is 0.478. The van der Waals surface area contributed by atoms with Gasteiger partial charge in [0.2, 0.25) is 0 Å². The molecule has 0 spiro atoms. The monoisotopic (exact) mass is 725 g/mol. The molecule has 0 saturated heterocycles. The Bertz CT molecular complexity index is 3510. The van der Waals surface area contributed by atoms with Crippen LogP contribution in [0.3, 0.4) is 0 Å². The van der Waals surface area contributed by atoms with Crippen molar-refractivity contribution in [2.24, 2.45) is 0 Å². The molecule has 1 unspecified atom stereocenters. The van der Waals surface area contributed by atoms with Crippen LogP contribution in [0.1, 0.15) is 23.6 Å². The second-order valence-corrected chi connectivity index (χ2v) is 15.9. The van der Waals surface area contributed by atoms with Crippen molar-refractivity contribution in [3.63, 3.8) is 0 Å². The molecule has 0 amide bonds. The van der Waals surface area contributed by atoms with Gasteiger partial charge in [-0.2, -0.15) is 0 Å². The first-order valence-electron chi connectivity index (χ1n) is 19.9. The number of anilines is 2. The fourth-order valence-corrected chi connectivity index (χ4v) is 10.7. The molecule has 1 atom stereocenters. The van der Waals surface area contributed by atoms with E-state index in [0.717, 1.165) is 17.1 Å². The van der Waals surface area contributed by atoms with Crippen LogP contribution in [0.25, 0.3) is 88.0 Å². The van der Waals surface area contributed by atoms with E-state index >= 15 is 0 Å². The summed E-state index contributed by atoms with van der Waals surface area (Å²) in [6.07, 6.45) is 0. The number of nitrogens with zero attached hydrogens (tertiary/aromatic N) is 2. The third-order valence-electron chi connectivity index (χ3n) is 13.0. The van der Waals surface area contributed by atoms with Gasteiger partial charge in [-0.05, 0) is 88.5 Å².